The lowest BCUT2D eigenvalue weighted by molar-refractivity contribution is 0.625. The van der Waals surface area contributed by atoms with Crippen molar-refractivity contribution in [3.63, 3.8) is 0 Å². The molecule has 0 spiro atoms. The Balaban J connectivity index is 2.01. The highest BCUT2D eigenvalue weighted by Gasteiger charge is 2.06. The van der Waals surface area contributed by atoms with E-state index < -0.39 is 0 Å². The first-order valence-corrected chi connectivity index (χ1v) is 7.18. The molecule has 2 aromatic carbocycles. The normalized spacial score (nSPS) is 11.2. The first-order chi connectivity index (χ1) is 9.67. The number of halogens is 2. The zero-order valence-electron chi connectivity index (χ0n) is 10.8. The molecule has 0 aliphatic rings. The van der Waals surface area contributed by atoms with Gasteiger partial charge in [-0.2, -0.15) is 0 Å². The van der Waals surface area contributed by atoms with Crippen molar-refractivity contribution < 1.29 is 4.39 Å². The Morgan fingerprint density at radius 2 is 1.95 bits per heavy atom. The maximum absolute atomic E-state index is 13.1. The molecule has 0 aliphatic heterocycles. The number of hydrogen-bond acceptors (Lipinski definition) is 1. The Kier molecular flexibility index (Phi) is 3.59. The van der Waals surface area contributed by atoms with E-state index in [0.717, 1.165) is 21.1 Å². The van der Waals surface area contributed by atoms with Crippen LogP contribution in [0.15, 0.2) is 53.1 Å². The van der Waals surface area contributed by atoms with Crippen LogP contribution in [0.4, 0.5) is 4.39 Å². The maximum Gasteiger partial charge on any atom is 0.124 e. The number of nitrogens with zero attached hydrogens (tertiary/aromatic N) is 1. The van der Waals surface area contributed by atoms with Gasteiger partial charge < -0.3 is 10.3 Å². The number of rotatable bonds is 3. The number of fused-ring (bicyclic) bond motifs is 1. The molecule has 0 atom stereocenters. The van der Waals surface area contributed by atoms with Crippen LogP contribution in [0.1, 0.15) is 11.1 Å². The third-order valence-electron chi connectivity index (χ3n) is 3.43. The summed E-state index contributed by atoms with van der Waals surface area (Å²) >= 11 is 3.41. The first-order valence-electron chi connectivity index (χ1n) is 6.39. The molecule has 1 heterocycles. The van der Waals surface area contributed by atoms with E-state index in [1.807, 2.05) is 12.3 Å². The Morgan fingerprint density at radius 3 is 2.70 bits per heavy atom. The van der Waals surface area contributed by atoms with Crippen molar-refractivity contribution in [1.29, 1.82) is 0 Å². The summed E-state index contributed by atoms with van der Waals surface area (Å²) in [6, 6.07) is 13.1. The fourth-order valence-electron chi connectivity index (χ4n) is 2.33. The summed E-state index contributed by atoms with van der Waals surface area (Å²) < 4.78 is 16.1. The molecule has 0 saturated carbocycles. The Hall–Kier alpha value is -1.65. The van der Waals surface area contributed by atoms with Gasteiger partial charge in [0.2, 0.25) is 0 Å². The number of aromatic nitrogens is 1. The van der Waals surface area contributed by atoms with Crippen molar-refractivity contribution in [2.75, 3.05) is 0 Å². The molecule has 2 nitrogen and oxygen atoms in total. The van der Waals surface area contributed by atoms with Crippen LogP contribution in [0.2, 0.25) is 0 Å². The van der Waals surface area contributed by atoms with E-state index >= 15 is 0 Å². The van der Waals surface area contributed by atoms with Crippen LogP contribution < -0.4 is 5.73 Å². The van der Waals surface area contributed by atoms with E-state index in [-0.39, 0.29) is 5.82 Å². The summed E-state index contributed by atoms with van der Waals surface area (Å²) in [7, 11) is 0. The molecule has 2 N–H and O–H groups in total. The molecular weight excluding hydrogens is 319 g/mol. The number of benzene rings is 2. The van der Waals surface area contributed by atoms with E-state index in [1.165, 1.54) is 17.5 Å². The van der Waals surface area contributed by atoms with Crippen molar-refractivity contribution in [3.8, 4) is 0 Å². The molecule has 0 aliphatic carbocycles. The minimum absolute atomic E-state index is 0.233. The van der Waals surface area contributed by atoms with E-state index in [0.29, 0.717) is 13.1 Å². The SMILES string of the molecule is NCc1ccc2ccn(Cc3ccc(F)cc3Br)c2c1. The summed E-state index contributed by atoms with van der Waals surface area (Å²) in [6.45, 7) is 1.22. The average molecular weight is 333 g/mol. The molecule has 0 amide bonds. The van der Waals surface area contributed by atoms with E-state index in [1.54, 1.807) is 6.07 Å². The van der Waals surface area contributed by atoms with Crippen molar-refractivity contribution in [2.24, 2.45) is 5.73 Å². The van der Waals surface area contributed by atoms with Gasteiger partial charge in [-0.05, 0) is 40.8 Å². The molecule has 0 bridgehead atoms. The highest BCUT2D eigenvalue weighted by atomic mass is 79.9. The van der Waals surface area contributed by atoms with Gasteiger partial charge in [-0.15, -0.1) is 0 Å². The minimum Gasteiger partial charge on any atom is -0.343 e. The Morgan fingerprint density at radius 1 is 1.10 bits per heavy atom. The van der Waals surface area contributed by atoms with Gasteiger partial charge in [0.05, 0.1) is 0 Å². The third-order valence-corrected chi connectivity index (χ3v) is 4.17. The Bertz CT molecular complexity index is 764. The number of nitrogens with two attached hydrogens (primary N) is 1. The van der Waals surface area contributed by atoms with Crippen LogP contribution in [0.25, 0.3) is 10.9 Å². The predicted molar refractivity (Wildman–Crippen MR) is 83.0 cm³/mol. The summed E-state index contributed by atoms with van der Waals surface area (Å²) in [4.78, 5) is 0. The molecule has 102 valence electrons. The van der Waals surface area contributed by atoms with Crippen molar-refractivity contribution in [2.45, 2.75) is 13.1 Å². The molecule has 4 heteroatoms. The summed E-state index contributed by atoms with van der Waals surface area (Å²) in [6.07, 6.45) is 2.04. The predicted octanol–water partition coefficient (Wildman–Crippen LogP) is 4.05. The maximum atomic E-state index is 13.1. The van der Waals surface area contributed by atoms with Crippen LogP contribution in [0.5, 0.6) is 0 Å². The molecule has 1 aromatic heterocycles. The topological polar surface area (TPSA) is 30.9 Å². The molecule has 3 aromatic rings. The second-order valence-electron chi connectivity index (χ2n) is 4.78. The third kappa shape index (κ3) is 2.49. The quantitative estimate of drug-likeness (QED) is 0.770. The van der Waals surface area contributed by atoms with E-state index in [2.05, 4.69) is 38.7 Å². The van der Waals surface area contributed by atoms with Gasteiger partial charge in [-0.25, -0.2) is 4.39 Å². The lowest BCUT2D eigenvalue weighted by atomic mass is 10.1. The lowest BCUT2D eigenvalue weighted by Crippen LogP contribution is -2.01. The van der Waals surface area contributed by atoms with E-state index in [4.69, 9.17) is 5.73 Å². The largest absolute Gasteiger partial charge is 0.343 e. The van der Waals surface area contributed by atoms with Crippen LogP contribution in [-0.4, -0.2) is 4.57 Å². The van der Waals surface area contributed by atoms with Gasteiger partial charge >= 0.3 is 0 Å². The first kappa shape index (κ1) is 13.3. The monoisotopic (exact) mass is 332 g/mol. The van der Waals surface area contributed by atoms with Gasteiger partial charge in [-0.3, -0.25) is 0 Å². The standard InChI is InChI=1S/C16H14BrFN2/c17-15-8-14(18)4-3-13(15)10-20-6-5-12-2-1-11(9-19)7-16(12)20/h1-8H,9-10,19H2. The molecule has 0 fully saturated rings. The molecule has 20 heavy (non-hydrogen) atoms. The summed E-state index contributed by atoms with van der Waals surface area (Å²) in [5.74, 6) is -0.233. The zero-order chi connectivity index (χ0) is 14.1. The van der Waals surface area contributed by atoms with Crippen LogP contribution in [0.3, 0.4) is 0 Å². The van der Waals surface area contributed by atoms with E-state index in [9.17, 15) is 4.39 Å². The average Bonchev–Trinajstić information content (AvgIpc) is 2.84. The Labute approximate surface area is 125 Å². The molecular formula is C16H14BrFN2. The van der Waals surface area contributed by atoms with Gasteiger partial charge in [0.25, 0.3) is 0 Å². The molecule has 0 saturated heterocycles. The van der Waals surface area contributed by atoms with Crippen LogP contribution in [-0.2, 0) is 13.1 Å². The van der Waals surface area contributed by atoms with Crippen LogP contribution in [0, 0.1) is 5.82 Å². The fourth-order valence-corrected chi connectivity index (χ4v) is 2.80. The fraction of sp³-hybridized carbons (Fsp3) is 0.125. The van der Waals surface area contributed by atoms with Gasteiger partial charge in [0, 0.05) is 29.3 Å². The lowest BCUT2D eigenvalue weighted by Gasteiger charge is -2.09. The smallest absolute Gasteiger partial charge is 0.124 e. The van der Waals surface area contributed by atoms with Crippen molar-refractivity contribution >= 4 is 26.8 Å². The second kappa shape index (κ2) is 5.38. The van der Waals surface area contributed by atoms with Crippen molar-refractivity contribution in [1.82, 2.24) is 4.57 Å². The second-order valence-corrected chi connectivity index (χ2v) is 5.63. The summed E-state index contributed by atoms with van der Waals surface area (Å²) in [5.41, 5.74) is 8.99. The van der Waals surface area contributed by atoms with Crippen molar-refractivity contribution in [3.05, 3.63) is 70.1 Å². The van der Waals surface area contributed by atoms with Gasteiger partial charge in [-0.1, -0.05) is 34.1 Å². The van der Waals surface area contributed by atoms with Gasteiger partial charge in [0.15, 0.2) is 0 Å². The zero-order valence-corrected chi connectivity index (χ0v) is 12.4. The molecule has 0 unspecified atom stereocenters. The van der Waals surface area contributed by atoms with Crippen LogP contribution >= 0.6 is 15.9 Å². The molecule has 0 radical (unpaired) electrons. The number of hydrogen-bond donors (Lipinski definition) is 1. The molecule has 3 rings (SSSR count). The highest BCUT2D eigenvalue weighted by molar-refractivity contribution is 9.10. The van der Waals surface area contributed by atoms with Gasteiger partial charge in [0.1, 0.15) is 5.82 Å². The highest BCUT2D eigenvalue weighted by Crippen LogP contribution is 2.23. The summed E-state index contributed by atoms with van der Waals surface area (Å²) in [5, 5.41) is 1.18. The minimum atomic E-state index is -0.233.